The van der Waals surface area contributed by atoms with Gasteiger partial charge in [-0.15, -0.1) is 0 Å². The number of nitro groups is 1. The highest BCUT2D eigenvalue weighted by Crippen LogP contribution is 2.20. The maximum Gasteiger partial charge on any atom is 0.269 e. The van der Waals surface area contributed by atoms with Gasteiger partial charge in [0.15, 0.2) is 12.4 Å². The molecule has 23 heavy (non-hydrogen) atoms. The van der Waals surface area contributed by atoms with Crippen LogP contribution < -0.4 is 4.74 Å². The quantitative estimate of drug-likeness (QED) is 0.353. The van der Waals surface area contributed by atoms with Gasteiger partial charge in [-0.1, -0.05) is 18.2 Å². The predicted octanol–water partition coefficient (Wildman–Crippen LogP) is 3.39. The van der Waals surface area contributed by atoms with Gasteiger partial charge in [0.25, 0.3) is 5.69 Å². The number of nitriles is 1. The summed E-state index contributed by atoms with van der Waals surface area (Å²) in [5.74, 6) is 0.219. The van der Waals surface area contributed by atoms with Crippen LogP contribution in [0.15, 0.2) is 54.6 Å². The Bertz CT molecular complexity index is 789. The molecule has 6 nitrogen and oxygen atoms in total. The predicted molar refractivity (Wildman–Crippen MR) is 84.0 cm³/mol. The van der Waals surface area contributed by atoms with Crippen molar-refractivity contribution in [1.82, 2.24) is 0 Å². The highest BCUT2D eigenvalue weighted by molar-refractivity contribution is 6.07. The summed E-state index contributed by atoms with van der Waals surface area (Å²) >= 11 is 0. The van der Waals surface area contributed by atoms with Crippen LogP contribution in [0.2, 0.25) is 0 Å². The number of allylic oxidation sites excluding steroid dienone is 1. The lowest BCUT2D eigenvalue weighted by Gasteiger charge is -2.05. The van der Waals surface area contributed by atoms with Crippen molar-refractivity contribution in [2.24, 2.45) is 0 Å². The number of carbonyl (C=O) groups excluding carboxylic acids is 1. The third kappa shape index (κ3) is 4.25. The number of ketones is 1. The molecule has 0 unspecified atom stereocenters. The van der Waals surface area contributed by atoms with Crippen LogP contribution >= 0.6 is 0 Å². The average Bonchev–Trinajstić information content (AvgIpc) is 2.58. The number of carbonyl (C=O) groups is 1. The fraction of sp³-hybridized carbons (Fsp3) is 0.0588. The van der Waals surface area contributed by atoms with Gasteiger partial charge in [-0.3, -0.25) is 14.9 Å². The molecule has 0 atom stereocenters. The van der Waals surface area contributed by atoms with E-state index in [2.05, 4.69) is 0 Å². The van der Waals surface area contributed by atoms with E-state index in [1.54, 1.807) is 30.3 Å². The van der Waals surface area contributed by atoms with E-state index in [9.17, 15) is 14.9 Å². The second-order valence-corrected chi connectivity index (χ2v) is 4.49. The Morgan fingerprint density at radius 3 is 2.57 bits per heavy atom. The summed E-state index contributed by atoms with van der Waals surface area (Å²) in [6.07, 6.45) is 2.94. The van der Waals surface area contributed by atoms with Gasteiger partial charge in [-0.05, 0) is 30.4 Å². The molecule has 0 N–H and O–H groups in total. The van der Waals surface area contributed by atoms with Gasteiger partial charge in [0.05, 0.1) is 4.92 Å². The van der Waals surface area contributed by atoms with Crippen molar-refractivity contribution in [3.05, 3.63) is 75.8 Å². The van der Waals surface area contributed by atoms with Crippen LogP contribution in [0.1, 0.15) is 15.9 Å². The molecule has 0 radical (unpaired) electrons. The molecule has 2 rings (SSSR count). The van der Waals surface area contributed by atoms with Crippen LogP contribution in [0.25, 0.3) is 6.08 Å². The number of para-hydroxylation sites is 1. The van der Waals surface area contributed by atoms with Gasteiger partial charge in [0, 0.05) is 23.3 Å². The molecule has 0 aliphatic carbocycles. The Hall–Kier alpha value is -3.46. The lowest BCUT2D eigenvalue weighted by atomic mass is 10.1. The van der Waals surface area contributed by atoms with Gasteiger partial charge < -0.3 is 4.74 Å². The first-order valence-corrected chi connectivity index (χ1v) is 6.67. The third-order valence-corrected chi connectivity index (χ3v) is 2.99. The zero-order valence-electron chi connectivity index (χ0n) is 12.0. The van der Waals surface area contributed by atoms with Crippen molar-refractivity contribution in [3.8, 4) is 11.8 Å². The van der Waals surface area contributed by atoms with E-state index in [1.807, 2.05) is 6.07 Å². The van der Waals surface area contributed by atoms with E-state index >= 15 is 0 Å². The van der Waals surface area contributed by atoms with Crippen LogP contribution in [0.4, 0.5) is 5.69 Å². The number of non-ortho nitro benzene ring substituents is 1. The minimum Gasteiger partial charge on any atom is -0.478 e. The van der Waals surface area contributed by atoms with Crippen molar-refractivity contribution in [1.29, 1.82) is 5.26 Å². The van der Waals surface area contributed by atoms with Crippen LogP contribution in [0.3, 0.4) is 0 Å². The number of ether oxygens (including phenoxy) is 1. The van der Waals surface area contributed by atoms with Gasteiger partial charge in [-0.2, -0.15) is 5.26 Å². The molecule has 0 bridgehead atoms. The van der Waals surface area contributed by atoms with Crippen LogP contribution in [0.5, 0.6) is 5.75 Å². The SMILES string of the molecule is N#CCOc1ccccc1/C=C/C(=O)c1ccc([N+](=O)[O-])cc1. The van der Waals surface area contributed by atoms with E-state index in [4.69, 9.17) is 10.00 Å². The van der Waals surface area contributed by atoms with E-state index in [0.717, 1.165) is 0 Å². The number of rotatable bonds is 6. The first kappa shape index (κ1) is 15.9. The molecule has 0 amide bonds. The summed E-state index contributed by atoms with van der Waals surface area (Å²) in [5.41, 5.74) is 0.945. The second kappa shape index (κ2) is 7.52. The minimum absolute atomic E-state index is 0.0687. The van der Waals surface area contributed by atoms with Crippen molar-refractivity contribution >= 4 is 17.5 Å². The Kier molecular flexibility index (Phi) is 5.21. The largest absolute Gasteiger partial charge is 0.478 e. The zero-order chi connectivity index (χ0) is 16.7. The fourth-order valence-electron chi connectivity index (χ4n) is 1.87. The standard InChI is InChI=1S/C17H12N2O4/c18-11-12-23-17-4-2-1-3-14(17)7-10-16(20)13-5-8-15(9-6-13)19(21)22/h1-10H,12H2/b10-7+. The van der Waals surface area contributed by atoms with Crippen LogP contribution in [-0.4, -0.2) is 17.3 Å². The molecule has 0 aliphatic rings. The number of hydrogen-bond donors (Lipinski definition) is 0. The maximum atomic E-state index is 12.1. The van der Waals surface area contributed by atoms with E-state index in [1.165, 1.54) is 30.3 Å². The Balaban J connectivity index is 2.15. The molecular weight excluding hydrogens is 296 g/mol. The van der Waals surface area contributed by atoms with Crippen molar-refractivity contribution in [2.75, 3.05) is 6.61 Å². The van der Waals surface area contributed by atoms with Gasteiger partial charge in [0.2, 0.25) is 0 Å². The molecular formula is C17H12N2O4. The molecule has 0 heterocycles. The Labute approximate surface area is 132 Å². The lowest BCUT2D eigenvalue weighted by molar-refractivity contribution is -0.384. The molecule has 2 aromatic rings. The molecule has 0 aliphatic heterocycles. The summed E-state index contributed by atoms with van der Waals surface area (Å²) in [4.78, 5) is 22.1. The summed E-state index contributed by atoms with van der Waals surface area (Å²) in [5, 5.41) is 19.1. The van der Waals surface area contributed by atoms with Crippen molar-refractivity contribution in [2.45, 2.75) is 0 Å². The highest BCUT2D eigenvalue weighted by Gasteiger charge is 2.07. The number of nitro benzene ring substituents is 1. The van der Waals surface area contributed by atoms with E-state index in [-0.39, 0.29) is 18.1 Å². The lowest BCUT2D eigenvalue weighted by Crippen LogP contribution is -1.97. The smallest absolute Gasteiger partial charge is 0.269 e. The third-order valence-electron chi connectivity index (χ3n) is 2.99. The molecule has 0 saturated heterocycles. The first-order valence-electron chi connectivity index (χ1n) is 6.67. The molecule has 114 valence electrons. The molecule has 6 heteroatoms. The van der Waals surface area contributed by atoms with Gasteiger partial charge >= 0.3 is 0 Å². The second-order valence-electron chi connectivity index (χ2n) is 4.49. The summed E-state index contributed by atoms with van der Waals surface area (Å²) in [6.45, 7) is -0.0822. The van der Waals surface area contributed by atoms with Crippen molar-refractivity contribution in [3.63, 3.8) is 0 Å². The topological polar surface area (TPSA) is 93.2 Å². The van der Waals surface area contributed by atoms with Crippen LogP contribution in [0, 0.1) is 21.4 Å². The van der Waals surface area contributed by atoms with Gasteiger partial charge in [0.1, 0.15) is 11.8 Å². The fourth-order valence-corrected chi connectivity index (χ4v) is 1.87. The highest BCUT2D eigenvalue weighted by atomic mass is 16.6. The Morgan fingerprint density at radius 2 is 1.91 bits per heavy atom. The summed E-state index contributed by atoms with van der Waals surface area (Å²) < 4.78 is 5.27. The molecule has 0 saturated carbocycles. The molecule has 0 aromatic heterocycles. The van der Waals surface area contributed by atoms with Gasteiger partial charge in [-0.25, -0.2) is 0 Å². The number of nitrogens with zero attached hydrogens (tertiary/aromatic N) is 2. The summed E-state index contributed by atoms with van der Waals surface area (Å²) in [7, 11) is 0. The van der Waals surface area contributed by atoms with E-state index in [0.29, 0.717) is 16.9 Å². The molecule has 0 fully saturated rings. The molecule has 2 aromatic carbocycles. The Morgan fingerprint density at radius 1 is 1.22 bits per heavy atom. The first-order chi connectivity index (χ1) is 11.1. The number of hydrogen-bond acceptors (Lipinski definition) is 5. The van der Waals surface area contributed by atoms with E-state index < -0.39 is 4.92 Å². The normalized spacial score (nSPS) is 10.2. The minimum atomic E-state index is -0.521. The van der Waals surface area contributed by atoms with Crippen LogP contribution in [-0.2, 0) is 0 Å². The van der Waals surface area contributed by atoms with Crippen molar-refractivity contribution < 1.29 is 14.5 Å². The number of benzene rings is 2. The summed E-state index contributed by atoms with van der Waals surface area (Å²) in [6, 6.07) is 14.3. The maximum absolute atomic E-state index is 12.1. The molecule has 0 spiro atoms. The monoisotopic (exact) mass is 308 g/mol. The zero-order valence-corrected chi connectivity index (χ0v) is 12.0. The average molecular weight is 308 g/mol.